The first-order valence-corrected chi connectivity index (χ1v) is 13.0. The average Bonchev–Trinajstić information content (AvgIpc) is 3.74. The van der Waals surface area contributed by atoms with Gasteiger partial charge in [0.2, 0.25) is 0 Å². The van der Waals surface area contributed by atoms with Gasteiger partial charge in [0.1, 0.15) is 24.6 Å². The van der Waals surface area contributed by atoms with Crippen molar-refractivity contribution < 1.29 is 38.3 Å². The molecule has 1 aliphatic heterocycles. The summed E-state index contributed by atoms with van der Waals surface area (Å²) in [5.74, 6) is 0.610. The van der Waals surface area contributed by atoms with Gasteiger partial charge in [0.25, 0.3) is 0 Å². The topological polar surface area (TPSA) is 107 Å². The van der Waals surface area contributed by atoms with Gasteiger partial charge in [-0.25, -0.2) is 4.39 Å². The molecule has 3 aromatic rings. The highest BCUT2D eigenvalue weighted by Crippen LogP contribution is 2.49. The smallest absolute Gasteiger partial charge is 0.165 e. The molecule has 5 rings (SSSR count). The Hall–Kier alpha value is -3.69. The Bertz CT molecular complexity index is 1360. The van der Waals surface area contributed by atoms with Gasteiger partial charge in [0.15, 0.2) is 28.8 Å². The maximum atomic E-state index is 14.3. The third kappa shape index (κ3) is 5.29. The molecule has 1 fully saturated rings. The third-order valence-corrected chi connectivity index (χ3v) is 7.47. The van der Waals surface area contributed by atoms with E-state index in [0.717, 1.165) is 12.8 Å². The van der Waals surface area contributed by atoms with E-state index in [9.17, 15) is 14.3 Å². The number of rotatable bonds is 12. The highest BCUT2D eigenvalue weighted by Gasteiger charge is 2.47. The van der Waals surface area contributed by atoms with Crippen molar-refractivity contribution in [3.05, 3.63) is 76.9 Å². The van der Waals surface area contributed by atoms with Gasteiger partial charge < -0.3 is 29.2 Å². The van der Waals surface area contributed by atoms with E-state index in [1.54, 1.807) is 43.5 Å². The molecule has 9 heteroatoms. The van der Waals surface area contributed by atoms with Crippen LogP contribution in [0.25, 0.3) is 0 Å². The van der Waals surface area contributed by atoms with Gasteiger partial charge in [0, 0.05) is 17.5 Å². The van der Waals surface area contributed by atoms with E-state index in [-0.39, 0.29) is 56.0 Å². The van der Waals surface area contributed by atoms with Crippen molar-refractivity contribution in [2.75, 3.05) is 34.0 Å². The number of halogens is 1. The van der Waals surface area contributed by atoms with Gasteiger partial charge in [-0.3, -0.25) is 9.78 Å². The van der Waals surface area contributed by atoms with Gasteiger partial charge in [-0.05, 0) is 61.6 Å². The normalized spacial score (nSPS) is 17.6. The lowest BCUT2D eigenvalue weighted by Crippen LogP contribution is -2.31. The van der Waals surface area contributed by atoms with Crippen molar-refractivity contribution in [3.63, 3.8) is 0 Å². The lowest BCUT2D eigenvalue weighted by molar-refractivity contribution is -0.00143. The molecule has 1 aliphatic carbocycles. The summed E-state index contributed by atoms with van der Waals surface area (Å²) in [7, 11) is 3.03. The van der Waals surface area contributed by atoms with E-state index in [1.807, 2.05) is 6.07 Å². The van der Waals surface area contributed by atoms with Gasteiger partial charge in [-0.15, -0.1) is 0 Å². The molecule has 39 heavy (non-hydrogen) atoms. The van der Waals surface area contributed by atoms with E-state index in [4.69, 9.17) is 29.0 Å². The monoisotopic (exact) mass is 537 g/mol. The van der Waals surface area contributed by atoms with E-state index in [1.165, 1.54) is 13.2 Å². The second-order valence-corrected chi connectivity index (χ2v) is 9.87. The Morgan fingerprint density at radius 2 is 1.87 bits per heavy atom. The van der Waals surface area contributed by atoms with Crippen LogP contribution in [0.4, 0.5) is 4.39 Å². The van der Waals surface area contributed by atoms with Gasteiger partial charge in [0.05, 0.1) is 38.1 Å². The lowest BCUT2D eigenvalue weighted by Gasteiger charge is -2.29. The first kappa shape index (κ1) is 26.9. The Kier molecular flexibility index (Phi) is 7.72. The van der Waals surface area contributed by atoms with Crippen molar-refractivity contribution in [3.8, 4) is 23.0 Å². The zero-order chi connectivity index (χ0) is 27.6. The van der Waals surface area contributed by atoms with Crippen molar-refractivity contribution in [1.82, 2.24) is 4.98 Å². The summed E-state index contributed by atoms with van der Waals surface area (Å²) >= 11 is 0. The first-order chi connectivity index (χ1) is 18.9. The SMILES string of the molecule is COc1cc(C(=O)CCC(O)(c2ccc(OC)c(C3COc4c(F)cccc43)n2)C2CC2)ccc1OCCO. The number of fused-ring (bicyclic) bond motifs is 1. The molecule has 0 bridgehead atoms. The maximum Gasteiger partial charge on any atom is 0.165 e. The fraction of sp³-hybridized carbons (Fsp3) is 0.400. The summed E-state index contributed by atoms with van der Waals surface area (Å²) in [4.78, 5) is 18.0. The number of carbonyl (C=O) groups excluding carboxylic acids is 1. The molecule has 0 saturated heterocycles. The number of Topliss-reactive ketones (excluding diaryl/α,β-unsaturated/α-hetero) is 1. The number of para-hydroxylation sites is 1. The number of carbonyl (C=O) groups is 1. The number of pyridine rings is 1. The highest BCUT2D eigenvalue weighted by atomic mass is 19.1. The number of benzene rings is 2. The van der Waals surface area contributed by atoms with E-state index in [0.29, 0.717) is 39.8 Å². The number of ketones is 1. The average molecular weight is 538 g/mol. The molecule has 2 atom stereocenters. The van der Waals surface area contributed by atoms with Gasteiger partial charge in [-0.2, -0.15) is 0 Å². The molecular weight excluding hydrogens is 505 g/mol. The second kappa shape index (κ2) is 11.2. The maximum absolute atomic E-state index is 14.3. The van der Waals surface area contributed by atoms with Gasteiger partial charge >= 0.3 is 0 Å². The minimum Gasteiger partial charge on any atom is -0.495 e. The Balaban J connectivity index is 1.40. The number of methoxy groups -OCH3 is 2. The van der Waals surface area contributed by atoms with Crippen LogP contribution in [-0.4, -0.2) is 55.0 Å². The molecule has 0 amide bonds. The van der Waals surface area contributed by atoms with Gasteiger partial charge in [-0.1, -0.05) is 12.1 Å². The van der Waals surface area contributed by atoms with Crippen LogP contribution in [0.3, 0.4) is 0 Å². The van der Waals surface area contributed by atoms with Crippen LogP contribution in [0.1, 0.15) is 58.9 Å². The van der Waals surface area contributed by atoms with Crippen LogP contribution >= 0.6 is 0 Å². The zero-order valence-electron chi connectivity index (χ0n) is 22.0. The molecule has 8 nitrogen and oxygen atoms in total. The van der Waals surface area contributed by atoms with E-state index < -0.39 is 11.4 Å². The molecule has 206 valence electrons. The number of ether oxygens (including phenoxy) is 4. The number of hydrogen-bond acceptors (Lipinski definition) is 8. The number of aliphatic hydroxyl groups is 2. The second-order valence-electron chi connectivity index (χ2n) is 9.87. The van der Waals surface area contributed by atoms with Crippen LogP contribution in [-0.2, 0) is 5.60 Å². The predicted molar refractivity (Wildman–Crippen MR) is 140 cm³/mol. The molecule has 2 aliphatic rings. The molecule has 0 radical (unpaired) electrons. The summed E-state index contributed by atoms with van der Waals surface area (Å²) in [6.45, 7) is 0.188. The minimum absolute atomic E-state index is 0.0209. The molecule has 2 heterocycles. The van der Waals surface area contributed by atoms with E-state index >= 15 is 0 Å². The quantitative estimate of drug-likeness (QED) is 0.328. The molecular formula is C30H32FNO7. The fourth-order valence-corrected chi connectivity index (χ4v) is 5.23. The third-order valence-electron chi connectivity index (χ3n) is 7.47. The molecule has 1 saturated carbocycles. The fourth-order valence-electron chi connectivity index (χ4n) is 5.23. The Labute approximate surface area is 226 Å². The summed E-state index contributed by atoms with van der Waals surface area (Å²) in [5.41, 5.74) is 0.835. The molecule has 2 unspecified atom stereocenters. The summed E-state index contributed by atoms with van der Waals surface area (Å²) in [6.07, 6.45) is 1.95. The van der Waals surface area contributed by atoms with Crippen LogP contribution in [0.15, 0.2) is 48.5 Å². The van der Waals surface area contributed by atoms with Crippen LogP contribution in [0.5, 0.6) is 23.0 Å². The lowest BCUT2D eigenvalue weighted by atomic mass is 9.85. The van der Waals surface area contributed by atoms with Crippen LogP contribution in [0.2, 0.25) is 0 Å². The largest absolute Gasteiger partial charge is 0.495 e. The van der Waals surface area contributed by atoms with Crippen molar-refractivity contribution >= 4 is 5.78 Å². The van der Waals surface area contributed by atoms with Crippen molar-refractivity contribution in [2.24, 2.45) is 5.92 Å². The number of nitrogens with zero attached hydrogens (tertiary/aromatic N) is 1. The molecule has 2 N–H and O–H groups in total. The minimum atomic E-state index is -1.31. The predicted octanol–water partition coefficient (Wildman–Crippen LogP) is 4.39. The summed E-state index contributed by atoms with van der Waals surface area (Å²) < 4.78 is 36.3. The standard InChI is InChI=1S/C30H32FNO7/c1-36-25-10-11-27(32-28(25)21-17-39-29-20(21)4-3-5-22(29)31)30(35,19-7-8-19)13-12-23(34)18-6-9-24(38-15-14-33)26(16-18)37-2/h3-6,9-11,16,19,21,33,35H,7-8,12-15,17H2,1-2H3. The summed E-state index contributed by atoms with van der Waals surface area (Å²) in [6, 6.07) is 13.2. The Morgan fingerprint density at radius 3 is 2.59 bits per heavy atom. The number of aromatic nitrogens is 1. The van der Waals surface area contributed by atoms with Crippen molar-refractivity contribution in [2.45, 2.75) is 37.2 Å². The Morgan fingerprint density at radius 1 is 1.10 bits per heavy atom. The highest BCUT2D eigenvalue weighted by molar-refractivity contribution is 5.96. The van der Waals surface area contributed by atoms with Crippen molar-refractivity contribution in [1.29, 1.82) is 0 Å². The molecule has 2 aromatic carbocycles. The zero-order valence-corrected chi connectivity index (χ0v) is 22.0. The van der Waals surface area contributed by atoms with Crippen LogP contribution in [0, 0.1) is 11.7 Å². The number of hydrogen-bond donors (Lipinski definition) is 2. The summed E-state index contributed by atoms with van der Waals surface area (Å²) in [5, 5.41) is 20.9. The van der Waals surface area contributed by atoms with E-state index in [2.05, 4.69) is 0 Å². The first-order valence-electron chi connectivity index (χ1n) is 13.0. The number of aliphatic hydroxyl groups excluding tert-OH is 1. The molecule has 0 spiro atoms. The molecule has 1 aromatic heterocycles. The van der Waals surface area contributed by atoms with Crippen LogP contribution < -0.4 is 18.9 Å².